The van der Waals surface area contributed by atoms with Gasteiger partial charge in [-0.25, -0.2) is 9.59 Å². The molecule has 7 heteroatoms. The summed E-state index contributed by atoms with van der Waals surface area (Å²) in [4.78, 5) is 28.8. The molecule has 0 amide bonds. The molecule has 0 aliphatic carbocycles. The topological polar surface area (TPSA) is 86.8 Å². The summed E-state index contributed by atoms with van der Waals surface area (Å²) in [7, 11) is 0. The Balaban J connectivity index is 2.04. The summed E-state index contributed by atoms with van der Waals surface area (Å²) >= 11 is 0. The van der Waals surface area contributed by atoms with Gasteiger partial charge in [0.1, 0.15) is 11.3 Å². The van der Waals surface area contributed by atoms with Gasteiger partial charge in [0.25, 0.3) is 0 Å². The van der Waals surface area contributed by atoms with Crippen molar-refractivity contribution in [2.75, 3.05) is 25.1 Å². The lowest BCUT2D eigenvalue weighted by atomic mass is 10.1. The molecule has 0 unspecified atom stereocenters. The molecule has 2 aromatic carbocycles. The highest BCUT2D eigenvalue weighted by Gasteiger charge is 2.18. The van der Waals surface area contributed by atoms with Gasteiger partial charge >= 0.3 is 11.9 Å². The Labute approximate surface area is 175 Å². The second-order valence-electron chi connectivity index (χ2n) is 6.30. The van der Waals surface area contributed by atoms with Gasteiger partial charge in [-0.2, -0.15) is 0 Å². The zero-order valence-electron chi connectivity index (χ0n) is 17.2. The number of nitrogens with zero attached hydrogens (tertiary/aromatic N) is 1. The van der Waals surface area contributed by atoms with Gasteiger partial charge < -0.3 is 19.5 Å². The molecule has 3 aromatic rings. The van der Waals surface area contributed by atoms with Gasteiger partial charge in [-0.05, 0) is 63.2 Å². The smallest absolute Gasteiger partial charge is 0.341 e. The van der Waals surface area contributed by atoms with Crippen LogP contribution in [0.15, 0.2) is 48.7 Å². The maximum atomic E-state index is 12.5. The molecule has 0 fully saturated rings. The zero-order chi connectivity index (χ0) is 21.5. The van der Waals surface area contributed by atoms with Gasteiger partial charge in [-0.15, -0.1) is 0 Å². The zero-order valence-corrected chi connectivity index (χ0v) is 17.2. The highest BCUT2D eigenvalue weighted by Crippen LogP contribution is 2.32. The lowest BCUT2D eigenvalue weighted by Crippen LogP contribution is -2.09. The van der Waals surface area contributed by atoms with Gasteiger partial charge in [0.2, 0.25) is 0 Å². The molecule has 0 spiro atoms. The van der Waals surface area contributed by atoms with Crippen molar-refractivity contribution < 1.29 is 23.8 Å². The maximum Gasteiger partial charge on any atom is 0.341 e. The number of esters is 2. The molecule has 0 saturated heterocycles. The minimum absolute atomic E-state index is 0.254. The third kappa shape index (κ3) is 4.68. The monoisotopic (exact) mass is 408 g/mol. The SMILES string of the molecule is CCOC(=O)c1ccc(Nc2c(C(=O)OCC)cnc3ccc(OCC)cc23)cc1. The number of nitrogens with one attached hydrogen (secondary N) is 1. The molecule has 0 radical (unpaired) electrons. The van der Waals surface area contributed by atoms with Crippen LogP contribution in [0.2, 0.25) is 0 Å². The van der Waals surface area contributed by atoms with Gasteiger partial charge in [-0.1, -0.05) is 0 Å². The number of fused-ring (bicyclic) bond motifs is 1. The molecule has 1 N–H and O–H groups in total. The van der Waals surface area contributed by atoms with E-state index in [1.807, 2.05) is 25.1 Å². The average molecular weight is 408 g/mol. The molecule has 0 atom stereocenters. The average Bonchev–Trinajstić information content (AvgIpc) is 2.75. The number of pyridine rings is 1. The van der Waals surface area contributed by atoms with E-state index in [0.717, 1.165) is 5.39 Å². The fourth-order valence-electron chi connectivity index (χ4n) is 2.97. The third-order valence-electron chi connectivity index (χ3n) is 4.31. The van der Waals surface area contributed by atoms with Crippen LogP contribution in [0.5, 0.6) is 5.75 Å². The van der Waals surface area contributed by atoms with Crippen molar-refractivity contribution in [3.63, 3.8) is 0 Å². The Morgan fingerprint density at radius 3 is 2.27 bits per heavy atom. The summed E-state index contributed by atoms with van der Waals surface area (Å²) in [5.41, 5.74) is 2.72. The summed E-state index contributed by atoms with van der Waals surface area (Å²) in [5, 5.41) is 4.00. The van der Waals surface area contributed by atoms with Gasteiger partial charge in [0, 0.05) is 17.3 Å². The normalized spacial score (nSPS) is 10.5. The molecule has 7 nitrogen and oxygen atoms in total. The summed E-state index contributed by atoms with van der Waals surface area (Å²) in [6.45, 7) is 6.50. The predicted octanol–water partition coefficient (Wildman–Crippen LogP) is 4.73. The van der Waals surface area contributed by atoms with E-state index in [0.29, 0.717) is 47.0 Å². The molecule has 3 rings (SSSR count). The maximum absolute atomic E-state index is 12.5. The van der Waals surface area contributed by atoms with Crippen molar-refractivity contribution >= 4 is 34.2 Å². The second-order valence-corrected chi connectivity index (χ2v) is 6.30. The molecular formula is C23H24N2O5. The van der Waals surface area contributed by atoms with Crippen LogP contribution in [-0.2, 0) is 9.47 Å². The first kappa shape index (κ1) is 21.1. The van der Waals surface area contributed by atoms with E-state index in [2.05, 4.69) is 10.3 Å². The number of carbonyl (C=O) groups is 2. The Bertz CT molecular complexity index is 1050. The van der Waals surface area contributed by atoms with E-state index in [1.54, 1.807) is 38.1 Å². The van der Waals surface area contributed by atoms with Gasteiger partial charge in [0.15, 0.2) is 0 Å². The first-order valence-corrected chi connectivity index (χ1v) is 9.84. The van der Waals surface area contributed by atoms with E-state index >= 15 is 0 Å². The van der Waals surface area contributed by atoms with Crippen LogP contribution in [0, 0.1) is 0 Å². The molecule has 156 valence electrons. The quantitative estimate of drug-likeness (QED) is 0.539. The highest BCUT2D eigenvalue weighted by atomic mass is 16.5. The van der Waals surface area contributed by atoms with Crippen molar-refractivity contribution in [1.82, 2.24) is 4.98 Å². The Kier molecular flexibility index (Phi) is 6.85. The minimum Gasteiger partial charge on any atom is -0.494 e. The van der Waals surface area contributed by atoms with Crippen LogP contribution >= 0.6 is 0 Å². The fourth-order valence-corrected chi connectivity index (χ4v) is 2.97. The number of carbonyl (C=O) groups excluding carboxylic acids is 2. The number of aromatic nitrogens is 1. The minimum atomic E-state index is -0.473. The Morgan fingerprint density at radius 1 is 0.900 bits per heavy atom. The van der Waals surface area contributed by atoms with Gasteiger partial charge in [-0.3, -0.25) is 4.98 Å². The highest BCUT2D eigenvalue weighted by molar-refractivity contribution is 6.06. The van der Waals surface area contributed by atoms with Crippen LogP contribution in [0.3, 0.4) is 0 Å². The van der Waals surface area contributed by atoms with Crippen molar-refractivity contribution in [1.29, 1.82) is 0 Å². The Hall–Kier alpha value is -3.61. The van der Waals surface area contributed by atoms with E-state index in [1.165, 1.54) is 6.20 Å². The first-order chi connectivity index (χ1) is 14.6. The standard InChI is InChI=1S/C23H24N2O5/c1-4-28-17-11-12-20-18(13-17)21(19(14-24-20)23(27)30-6-3)25-16-9-7-15(8-10-16)22(26)29-5-2/h7-14H,4-6H2,1-3H3,(H,24,25). The molecule has 0 saturated carbocycles. The molecule has 0 bridgehead atoms. The van der Waals surface area contributed by atoms with Crippen LogP contribution < -0.4 is 10.1 Å². The number of rotatable bonds is 8. The van der Waals surface area contributed by atoms with Crippen molar-refractivity contribution in [2.24, 2.45) is 0 Å². The van der Waals surface area contributed by atoms with Crippen LogP contribution in [0.1, 0.15) is 41.5 Å². The fraction of sp³-hybridized carbons (Fsp3) is 0.261. The van der Waals surface area contributed by atoms with Crippen LogP contribution in [-0.4, -0.2) is 36.7 Å². The summed E-state index contributed by atoms with van der Waals surface area (Å²) < 4.78 is 15.8. The summed E-state index contributed by atoms with van der Waals surface area (Å²) in [6.07, 6.45) is 1.50. The molecule has 0 aliphatic rings. The Morgan fingerprint density at radius 2 is 1.60 bits per heavy atom. The summed E-state index contributed by atoms with van der Waals surface area (Å²) in [6, 6.07) is 12.3. The molecule has 0 aliphatic heterocycles. The van der Waals surface area contributed by atoms with Crippen molar-refractivity contribution in [2.45, 2.75) is 20.8 Å². The largest absolute Gasteiger partial charge is 0.494 e. The van der Waals surface area contributed by atoms with E-state index in [9.17, 15) is 9.59 Å². The second kappa shape index (κ2) is 9.73. The lowest BCUT2D eigenvalue weighted by molar-refractivity contribution is 0.0517. The number of benzene rings is 2. The van der Waals surface area contributed by atoms with E-state index in [4.69, 9.17) is 14.2 Å². The number of anilines is 2. The van der Waals surface area contributed by atoms with Crippen LogP contribution in [0.4, 0.5) is 11.4 Å². The number of ether oxygens (including phenoxy) is 3. The number of hydrogen-bond acceptors (Lipinski definition) is 7. The summed E-state index contributed by atoms with van der Waals surface area (Å²) in [5.74, 6) is -0.181. The molecule has 30 heavy (non-hydrogen) atoms. The van der Waals surface area contributed by atoms with E-state index < -0.39 is 5.97 Å². The van der Waals surface area contributed by atoms with Crippen molar-refractivity contribution in [3.05, 3.63) is 59.8 Å². The molecular weight excluding hydrogens is 384 g/mol. The van der Waals surface area contributed by atoms with Gasteiger partial charge in [0.05, 0.1) is 36.6 Å². The first-order valence-electron chi connectivity index (χ1n) is 9.84. The van der Waals surface area contributed by atoms with Crippen molar-refractivity contribution in [3.8, 4) is 5.75 Å². The molecule has 1 heterocycles. The lowest BCUT2D eigenvalue weighted by Gasteiger charge is -2.15. The number of hydrogen-bond donors (Lipinski definition) is 1. The van der Waals surface area contributed by atoms with E-state index in [-0.39, 0.29) is 12.6 Å². The molecule has 1 aromatic heterocycles. The predicted molar refractivity (Wildman–Crippen MR) is 115 cm³/mol. The van der Waals surface area contributed by atoms with Crippen LogP contribution in [0.25, 0.3) is 10.9 Å². The third-order valence-corrected chi connectivity index (χ3v) is 4.31.